The van der Waals surface area contributed by atoms with Gasteiger partial charge in [-0.15, -0.1) is 0 Å². The lowest BCUT2D eigenvalue weighted by Gasteiger charge is -2.10. The minimum absolute atomic E-state index is 0.253. The molecule has 0 fully saturated rings. The molecule has 0 saturated heterocycles. The van der Waals surface area contributed by atoms with Gasteiger partial charge in [-0.1, -0.05) is 42.5 Å². The van der Waals surface area contributed by atoms with Crippen molar-refractivity contribution in [1.29, 1.82) is 0 Å². The highest BCUT2D eigenvalue weighted by molar-refractivity contribution is 5.96. The molecule has 0 bridgehead atoms. The zero-order valence-electron chi connectivity index (χ0n) is 10.7. The Bertz CT molecular complexity index is 860. The normalized spacial score (nSPS) is 11.8. The summed E-state index contributed by atoms with van der Waals surface area (Å²) in [5, 5.41) is 1.71. The first kappa shape index (κ1) is 13.4. The van der Waals surface area contributed by atoms with E-state index in [1.807, 2.05) is 35.3 Å². The summed E-state index contributed by atoms with van der Waals surface area (Å²) in [5.41, 5.74) is -0.960. The molecule has 0 aliphatic heterocycles. The maximum atomic E-state index is 12.8. The summed E-state index contributed by atoms with van der Waals surface area (Å²) in [6.07, 6.45) is -4.58. The Labute approximate surface area is 117 Å². The van der Waals surface area contributed by atoms with Crippen LogP contribution in [0.2, 0.25) is 0 Å². The van der Waals surface area contributed by atoms with Crippen LogP contribution in [0.4, 0.5) is 13.2 Å². The quantitative estimate of drug-likeness (QED) is 0.715. The summed E-state index contributed by atoms with van der Waals surface area (Å²) in [6.45, 7) is 0. The molecule has 0 amide bonds. The number of aromatic amines is 1. The summed E-state index contributed by atoms with van der Waals surface area (Å²) in [5.74, 6) is 0. The van der Waals surface area contributed by atoms with Crippen molar-refractivity contribution in [1.82, 2.24) is 4.98 Å². The molecule has 2 nitrogen and oxygen atoms in total. The minimum Gasteiger partial charge on any atom is -0.318 e. The highest BCUT2D eigenvalue weighted by Crippen LogP contribution is 2.32. The van der Waals surface area contributed by atoms with Gasteiger partial charge in [0.2, 0.25) is 5.56 Å². The first-order valence-electron chi connectivity index (χ1n) is 6.25. The van der Waals surface area contributed by atoms with E-state index in [1.54, 1.807) is 12.1 Å². The van der Waals surface area contributed by atoms with Crippen molar-refractivity contribution in [2.24, 2.45) is 0 Å². The van der Waals surface area contributed by atoms with Gasteiger partial charge in [0.15, 0.2) is 0 Å². The molecule has 0 aliphatic carbocycles. The van der Waals surface area contributed by atoms with Crippen LogP contribution in [0.15, 0.2) is 59.4 Å². The highest BCUT2D eigenvalue weighted by atomic mass is 19.4. The molecular formula is C16H10F3NO. The number of aromatic nitrogens is 1. The molecule has 5 heteroatoms. The molecule has 0 spiro atoms. The van der Waals surface area contributed by atoms with E-state index in [9.17, 15) is 18.0 Å². The van der Waals surface area contributed by atoms with Crippen molar-refractivity contribution in [3.8, 4) is 11.1 Å². The summed E-state index contributed by atoms with van der Waals surface area (Å²) >= 11 is 0. The van der Waals surface area contributed by atoms with Gasteiger partial charge in [0.05, 0.1) is 0 Å². The second kappa shape index (κ2) is 4.77. The van der Waals surface area contributed by atoms with Gasteiger partial charge >= 0.3 is 6.18 Å². The molecule has 0 unspecified atom stereocenters. The Kier molecular flexibility index (Phi) is 3.05. The van der Waals surface area contributed by atoms with E-state index >= 15 is 0 Å². The molecule has 1 N–H and O–H groups in total. The van der Waals surface area contributed by atoms with E-state index in [1.165, 1.54) is 6.07 Å². The van der Waals surface area contributed by atoms with E-state index in [0.29, 0.717) is 5.56 Å². The number of benzene rings is 2. The Balaban J connectivity index is 2.29. The standard InChI is InChI=1S/C16H10F3NO/c17-16(18,19)14-8-11(9-15(21)20-14)13-7-3-5-10-4-1-2-6-12(10)13/h1-9H,(H,20,21). The molecular weight excluding hydrogens is 279 g/mol. The molecule has 0 saturated carbocycles. The zero-order valence-corrected chi connectivity index (χ0v) is 10.7. The van der Waals surface area contributed by atoms with Gasteiger partial charge in [0.25, 0.3) is 0 Å². The number of hydrogen-bond acceptors (Lipinski definition) is 1. The lowest BCUT2D eigenvalue weighted by atomic mass is 9.98. The van der Waals surface area contributed by atoms with Gasteiger partial charge < -0.3 is 4.98 Å². The molecule has 0 aliphatic rings. The fraction of sp³-hybridized carbons (Fsp3) is 0.0625. The van der Waals surface area contributed by atoms with Crippen LogP contribution in [0.5, 0.6) is 0 Å². The van der Waals surface area contributed by atoms with Crippen LogP contribution in [0.25, 0.3) is 21.9 Å². The third-order valence-corrected chi connectivity index (χ3v) is 3.25. The Morgan fingerprint density at radius 3 is 2.38 bits per heavy atom. The van der Waals surface area contributed by atoms with Gasteiger partial charge in [0.1, 0.15) is 5.69 Å². The lowest BCUT2D eigenvalue weighted by molar-refractivity contribution is -0.141. The number of nitrogens with one attached hydrogen (secondary N) is 1. The lowest BCUT2D eigenvalue weighted by Crippen LogP contribution is -2.15. The van der Waals surface area contributed by atoms with Crippen LogP contribution in [0.1, 0.15) is 5.69 Å². The van der Waals surface area contributed by atoms with Crippen LogP contribution < -0.4 is 5.56 Å². The third-order valence-electron chi connectivity index (χ3n) is 3.25. The molecule has 3 aromatic rings. The first-order chi connectivity index (χ1) is 9.95. The van der Waals surface area contributed by atoms with Gasteiger partial charge in [-0.25, -0.2) is 0 Å². The van der Waals surface area contributed by atoms with Crippen molar-refractivity contribution in [3.05, 3.63) is 70.6 Å². The van der Waals surface area contributed by atoms with Crippen molar-refractivity contribution >= 4 is 10.8 Å². The predicted octanol–water partition coefficient (Wildman–Crippen LogP) is 4.21. The Morgan fingerprint density at radius 1 is 0.905 bits per heavy atom. The molecule has 0 radical (unpaired) electrons. The van der Waals surface area contributed by atoms with Crippen molar-refractivity contribution < 1.29 is 13.2 Å². The van der Waals surface area contributed by atoms with E-state index in [-0.39, 0.29) is 5.56 Å². The van der Waals surface area contributed by atoms with Gasteiger partial charge in [0, 0.05) is 6.07 Å². The number of halogens is 3. The van der Waals surface area contributed by atoms with E-state index in [4.69, 9.17) is 0 Å². The summed E-state index contributed by atoms with van der Waals surface area (Å²) in [7, 11) is 0. The molecule has 21 heavy (non-hydrogen) atoms. The number of fused-ring (bicyclic) bond motifs is 1. The maximum Gasteiger partial charge on any atom is 0.431 e. The monoisotopic (exact) mass is 289 g/mol. The zero-order chi connectivity index (χ0) is 15.0. The number of rotatable bonds is 1. The fourth-order valence-electron chi connectivity index (χ4n) is 2.33. The largest absolute Gasteiger partial charge is 0.431 e. The van der Waals surface area contributed by atoms with E-state index < -0.39 is 17.4 Å². The van der Waals surface area contributed by atoms with Crippen LogP contribution in [-0.2, 0) is 6.18 Å². The highest BCUT2D eigenvalue weighted by Gasteiger charge is 2.32. The second-order valence-corrected chi connectivity index (χ2v) is 4.67. The molecule has 2 aromatic carbocycles. The average molecular weight is 289 g/mol. The number of hydrogen-bond donors (Lipinski definition) is 1. The number of H-pyrrole nitrogens is 1. The van der Waals surface area contributed by atoms with Crippen molar-refractivity contribution in [2.45, 2.75) is 6.18 Å². The first-order valence-corrected chi connectivity index (χ1v) is 6.25. The third kappa shape index (κ3) is 2.54. The number of alkyl halides is 3. The molecule has 3 rings (SSSR count). The van der Waals surface area contributed by atoms with Crippen LogP contribution in [0, 0.1) is 0 Å². The molecule has 106 valence electrons. The summed E-state index contributed by atoms with van der Waals surface area (Å²) in [4.78, 5) is 13.3. The Hall–Kier alpha value is -2.56. The van der Waals surface area contributed by atoms with Gasteiger partial charge in [-0.3, -0.25) is 4.79 Å². The summed E-state index contributed by atoms with van der Waals surface area (Å²) in [6, 6.07) is 14.8. The molecule has 1 heterocycles. The van der Waals surface area contributed by atoms with Crippen LogP contribution in [0.3, 0.4) is 0 Å². The van der Waals surface area contributed by atoms with E-state index in [0.717, 1.165) is 16.8 Å². The average Bonchev–Trinajstić information content (AvgIpc) is 2.45. The topological polar surface area (TPSA) is 32.9 Å². The fourth-order valence-corrected chi connectivity index (χ4v) is 2.33. The second-order valence-electron chi connectivity index (χ2n) is 4.67. The molecule has 0 atom stereocenters. The molecule has 1 aromatic heterocycles. The summed E-state index contributed by atoms with van der Waals surface area (Å²) < 4.78 is 38.4. The van der Waals surface area contributed by atoms with E-state index in [2.05, 4.69) is 0 Å². The van der Waals surface area contributed by atoms with Gasteiger partial charge in [-0.05, 0) is 28.0 Å². The van der Waals surface area contributed by atoms with Crippen LogP contribution >= 0.6 is 0 Å². The maximum absolute atomic E-state index is 12.8. The van der Waals surface area contributed by atoms with Gasteiger partial charge in [-0.2, -0.15) is 13.2 Å². The van der Waals surface area contributed by atoms with Crippen molar-refractivity contribution in [3.63, 3.8) is 0 Å². The Morgan fingerprint density at radius 2 is 1.62 bits per heavy atom. The van der Waals surface area contributed by atoms with Crippen LogP contribution in [-0.4, -0.2) is 4.98 Å². The van der Waals surface area contributed by atoms with Crippen molar-refractivity contribution in [2.75, 3.05) is 0 Å². The SMILES string of the molecule is O=c1cc(-c2cccc3ccccc23)cc(C(F)(F)F)[nH]1. The minimum atomic E-state index is -4.58. The number of pyridine rings is 1. The smallest absolute Gasteiger partial charge is 0.318 e. The predicted molar refractivity (Wildman–Crippen MR) is 75.0 cm³/mol.